The number of phenols is 1. The van der Waals surface area contributed by atoms with Crippen molar-refractivity contribution < 1.29 is 29.0 Å². The molecule has 2 unspecified atom stereocenters. The second-order valence-corrected chi connectivity index (χ2v) is 12.5. The third kappa shape index (κ3) is 9.31. The Bertz CT molecular complexity index is 1190. The van der Waals surface area contributed by atoms with Crippen molar-refractivity contribution in [2.75, 3.05) is 24.4 Å². The van der Waals surface area contributed by atoms with Crippen molar-refractivity contribution in [3.05, 3.63) is 53.6 Å². The van der Waals surface area contributed by atoms with Gasteiger partial charge in [0, 0.05) is 16.8 Å². The third-order valence-electron chi connectivity index (χ3n) is 6.78. The largest absolute Gasteiger partial charge is 0.507 e. The van der Waals surface area contributed by atoms with Crippen LogP contribution in [0.3, 0.4) is 0 Å². The number of nitrogens with one attached hydrogen (secondary N) is 2. The molecule has 0 aromatic heterocycles. The normalized spacial score (nSPS) is 13.1. The van der Waals surface area contributed by atoms with E-state index in [1.165, 1.54) is 4.90 Å². The van der Waals surface area contributed by atoms with E-state index in [0.29, 0.717) is 35.6 Å². The summed E-state index contributed by atoms with van der Waals surface area (Å²) in [6.07, 6.45) is 2.02. The molecule has 0 aliphatic rings. The number of hydrogen-bond acceptors (Lipinski definition) is 7. The predicted molar refractivity (Wildman–Crippen MR) is 165 cm³/mol. The topological polar surface area (TPSA) is 117 Å². The number of carbonyl (C=O) groups is 3. The number of hydrogen-bond donors (Lipinski definition) is 3. The smallest absolute Gasteiger partial charge is 0.408 e. The van der Waals surface area contributed by atoms with E-state index in [9.17, 15) is 19.5 Å². The van der Waals surface area contributed by atoms with Crippen molar-refractivity contribution in [3.63, 3.8) is 0 Å². The first-order chi connectivity index (χ1) is 19.1. The number of para-hydroxylation sites is 1. The van der Waals surface area contributed by atoms with Crippen molar-refractivity contribution in [3.8, 4) is 11.5 Å². The lowest BCUT2D eigenvalue weighted by Gasteiger charge is -2.44. The fourth-order valence-electron chi connectivity index (χ4n) is 4.24. The average Bonchev–Trinajstić information content (AvgIpc) is 2.90. The predicted octanol–water partition coefficient (Wildman–Crippen LogP) is 6.05. The van der Waals surface area contributed by atoms with Gasteiger partial charge < -0.3 is 30.1 Å². The van der Waals surface area contributed by atoms with E-state index in [0.717, 1.165) is 0 Å². The number of ether oxygens (including phenoxy) is 2. The number of thioether (sulfide) groups is 1. The molecule has 0 aliphatic heterocycles. The van der Waals surface area contributed by atoms with Crippen LogP contribution < -0.4 is 15.4 Å². The van der Waals surface area contributed by atoms with Crippen LogP contribution in [0.25, 0.3) is 0 Å². The second kappa shape index (κ2) is 14.5. The summed E-state index contributed by atoms with van der Waals surface area (Å²) in [4.78, 5) is 42.9. The molecule has 0 fully saturated rings. The van der Waals surface area contributed by atoms with E-state index in [-0.39, 0.29) is 11.3 Å². The van der Waals surface area contributed by atoms with Gasteiger partial charge in [0.2, 0.25) is 5.91 Å². The van der Waals surface area contributed by atoms with Crippen LogP contribution in [-0.2, 0) is 14.3 Å². The summed E-state index contributed by atoms with van der Waals surface area (Å²) in [5.41, 5.74) is -0.250. The van der Waals surface area contributed by atoms with Crippen LogP contribution >= 0.6 is 11.8 Å². The molecule has 226 valence electrons. The van der Waals surface area contributed by atoms with Gasteiger partial charge >= 0.3 is 6.09 Å². The number of nitrogens with zero attached hydrogens (tertiary/aromatic N) is 1. The Morgan fingerprint density at radius 3 is 2.22 bits per heavy atom. The van der Waals surface area contributed by atoms with E-state index >= 15 is 0 Å². The molecule has 0 bridgehead atoms. The van der Waals surface area contributed by atoms with Crippen LogP contribution in [0.4, 0.5) is 10.5 Å². The minimum atomic E-state index is -1.21. The van der Waals surface area contributed by atoms with E-state index in [4.69, 9.17) is 9.47 Å². The summed E-state index contributed by atoms with van der Waals surface area (Å²) in [6.45, 7) is 12.6. The summed E-state index contributed by atoms with van der Waals surface area (Å²) < 4.78 is 10.7. The number of carbonyl (C=O) groups excluding carboxylic acids is 3. The van der Waals surface area contributed by atoms with Crippen molar-refractivity contribution >= 4 is 35.4 Å². The number of aromatic hydroxyl groups is 1. The number of benzene rings is 2. The Labute approximate surface area is 248 Å². The molecule has 10 heteroatoms. The van der Waals surface area contributed by atoms with Crippen LogP contribution in [0, 0.1) is 6.92 Å². The second-order valence-electron chi connectivity index (χ2n) is 11.5. The molecule has 0 saturated carbocycles. The van der Waals surface area contributed by atoms with Gasteiger partial charge in [-0.25, -0.2) is 4.79 Å². The van der Waals surface area contributed by atoms with Gasteiger partial charge in [-0.2, -0.15) is 11.8 Å². The fourth-order valence-corrected chi connectivity index (χ4v) is 4.71. The van der Waals surface area contributed by atoms with Gasteiger partial charge in [-0.15, -0.1) is 0 Å². The molecule has 9 nitrogen and oxygen atoms in total. The maximum Gasteiger partial charge on any atom is 0.408 e. The summed E-state index contributed by atoms with van der Waals surface area (Å²) >= 11 is 1.54. The molecule has 0 radical (unpaired) electrons. The SMILES string of the molecule is CCC(C)(C)N(C(=O)C(CCSC)NC(=O)OC(C)(C)C)C(C(=O)Nc1ccc(OC)cc1)c1cccc(C)c1O. The minimum absolute atomic E-state index is 0.0761. The summed E-state index contributed by atoms with van der Waals surface area (Å²) in [5, 5.41) is 16.8. The molecule has 2 atom stereocenters. The lowest BCUT2D eigenvalue weighted by molar-refractivity contribution is -0.147. The zero-order valence-corrected chi connectivity index (χ0v) is 26.5. The fraction of sp³-hybridized carbons (Fsp3) is 0.516. The van der Waals surface area contributed by atoms with Crippen LogP contribution in [0.5, 0.6) is 11.5 Å². The van der Waals surface area contributed by atoms with Crippen LogP contribution in [0.15, 0.2) is 42.5 Å². The first kappa shape index (κ1) is 33.8. The quantitative estimate of drug-likeness (QED) is 0.277. The maximum atomic E-state index is 14.5. The van der Waals surface area contributed by atoms with Gasteiger partial charge in [-0.3, -0.25) is 9.59 Å². The highest BCUT2D eigenvalue weighted by Crippen LogP contribution is 2.38. The van der Waals surface area contributed by atoms with Crippen molar-refractivity contribution in [2.24, 2.45) is 0 Å². The number of amides is 3. The number of aryl methyl sites for hydroxylation is 1. The van der Waals surface area contributed by atoms with Gasteiger partial charge in [0.1, 0.15) is 29.2 Å². The number of phenolic OH excluding ortho intramolecular Hbond substituents is 1. The van der Waals surface area contributed by atoms with Crippen LogP contribution in [0.1, 0.15) is 71.6 Å². The maximum absolute atomic E-state index is 14.5. The number of alkyl carbamates (subject to hydrolysis) is 1. The highest BCUT2D eigenvalue weighted by atomic mass is 32.2. The number of rotatable bonds is 12. The standard InChI is InChI=1S/C31H45N3O6S/c1-10-31(6,7)34(28(37)24(18-19-41-9)33-29(38)40-30(3,4)5)25(23-13-11-12-20(2)26(23)35)27(36)32-21-14-16-22(39-8)17-15-21/h11-17,24-25,35H,10,18-19H2,1-9H3,(H,32,36)(H,33,38). The molecule has 3 N–H and O–H groups in total. The van der Waals surface area contributed by atoms with Gasteiger partial charge in [-0.05, 0) is 96.2 Å². The molecule has 0 aliphatic carbocycles. The number of methoxy groups -OCH3 is 1. The van der Waals surface area contributed by atoms with Crippen molar-refractivity contribution in [1.29, 1.82) is 0 Å². The molecular formula is C31H45N3O6S. The highest BCUT2D eigenvalue weighted by Gasteiger charge is 2.44. The summed E-state index contributed by atoms with van der Waals surface area (Å²) in [6, 6.07) is 9.78. The highest BCUT2D eigenvalue weighted by molar-refractivity contribution is 7.98. The lowest BCUT2D eigenvalue weighted by Crippen LogP contribution is -2.59. The Balaban J connectivity index is 2.66. The Morgan fingerprint density at radius 2 is 1.68 bits per heavy atom. The van der Waals surface area contributed by atoms with Gasteiger partial charge in [0.25, 0.3) is 5.91 Å². The first-order valence-electron chi connectivity index (χ1n) is 13.7. The molecule has 0 spiro atoms. The van der Waals surface area contributed by atoms with E-state index in [2.05, 4.69) is 10.6 Å². The zero-order valence-electron chi connectivity index (χ0n) is 25.7. The molecule has 0 saturated heterocycles. The van der Waals surface area contributed by atoms with Crippen molar-refractivity contribution in [2.45, 2.75) is 84.5 Å². The number of anilines is 1. The van der Waals surface area contributed by atoms with Gasteiger partial charge in [0.15, 0.2) is 0 Å². The zero-order chi connectivity index (χ0) is 31.0. The van der Waals surface area contributed by atoms with E-state index in [1.54, 1.807) is 89.0 Å². The van der Waals surface area contributed by atoms with E-state index in [1.807, 2.05) is 27.0 Å². The summed E-state index contributed by atoms with van der Waals surface area (Å²) in [5.74, 6) is 0.183. The minimum Gasteiger partial charge on any atom is -0.507 e. The molecule has 2 aromatic rings. The molecule has 0 heterocycles. The van der Waals surface area contributed by atoms with Gasteiger partial charge in [0.05, 0.1) is 7.11 Å². The lowest BCUT2D eigenvalue weighted by atomic mass is 9.90. The Morgan fingerprint density at radius 1 is 1.05 bits per heavy atom. The molecule has 2 rings (SSSR count). The summed E-state index contributed by atoms with van der Waals surface area (Å²) in [7, 11) is 1.55. The Kier molecular flexibility index (Phi) is 11.9. The first-order valence-corrected chi connectivity index (χ1v) is 15.1. The third-order valence-corrected chi connectivity index (χ3v) is 7.43. The van der Waals surface area contributed by atoms with Crippen LogP contribution in [0.2, 0.25) is 0 Å². The molecule has 3 amide bonds. The Hall–Kier alpha value is -3.40. The molecule has 41 heavy (non-hydrogen) atoms. The van der Waals surface area contributed by atoms with E-state index < -0.39 is 41.1 Å². The van der Waals surface area contributed by atoms with Gasteiger partial charge in [-0.1, -0.05) is 25.1 Å². The molecular weight excluding hydrogens is 542 g/mol. The monoisotopic (exact) mass is 587 g/mol. The average molecular weight is 588 g/mol. The van der Waals surface area contributed by atoms with Crippen LogP contribution in [-0.4, -0.2) is 64.2 Å². The molecule has 2 aromatic carbocycles. The van der Waals surface area contributed by atoms with Crippen molar-refractivity contribution in [1.82, 2.24) is 10.2 Å².